The topological polar surface area (TPSA) is 79.9 Å². The van der Waals surface area contributed by atoms with Crippen molar-refractivity contribution >= 4 is 23.2 Å². The Hall–Kier alpha value is -3.22. The lowest BCUT2D eigenvalue weighted by Crippen LogP contribution is -2.26. The van der Waals surface area contributed by atoms with Crippen LogP contribution in [0.25, 0.3) is 0 Å². The van der Waals surface area contributed by atoms with Gasteiger partial charge >= 0.3 is 0 Å². The van der Waals surface area contributed by atoms with Gasteiger partial charge in [0.25, 0.3) is 11.8 Å². The molecule has 0 saturated carbocycles. The summed E-state index contributed by atoms with van der Waals surface area (Å²) in [4.78, 5) is 27.1. The molecule has 2 aromatic rings. The van der Waals surface area contributed by atoms with Gasteiger partial charge in [0.05, 0.1) is 25.3 Å². The maximum atomic E-state index is 12.7. The average molecular weight is 385 g/mol. The number of rotatable bonds is 8. The summed E-state index contributed by atoms with van der Waals surface area (Å²) in [5.74, 6) is 0.488. The van der Waals surface area contributed by atoms with Crippen LogP contribution >= 0.6 is 0 Å². The molecule has 0 radical (unpaired) electrons. The molecule has 0 fully saturated rings. The number of benzene rings is 2. The zero-order chi connectivity index (χ0) is 20.7. The number of nitrogens with one attached hydrogen (secondary N) is 2. The van der Waals surface area contributed by atoms with Crippen molar-refractivity contribution in [2.75, 3.05) is 45.1 Å². The highest BCUT2D eigenvalue weighted by Crippen LogP contribution is 2.27. The van der Waals surface area contributed by atoms with E-state index in [-0.39, 0.29) is 11.8 Å². The van der Waals surface area contributed by atoms with Gasteiger partial charge in [-0.25, -0.2) is 0 Å². The third kappa shape index (κ3) is 4.94. The standard InChI is InChI=1S/C21H27N3O4/c1-6-11-22-20(25)17-12-14(7-10-18(17)24(2)3)23-21(26)16-9-8-15(27-4)13-19(16)28-5/h7-10,12-13H,6,11H2,1-5H3,(H,22,25)(H,23,26). The van der Waals surface area contributed by atoms with Crippen molar-refractivity contribution in [3.63, 3.8) is 0 Å². The molecule has 7 heteroatoms. The van der Waals surface area contributed by atoms with E-state index in [0.29, 0.717) is 34.9 Å². The Morgan fingerprint density at radius 1 is 0.964 bits per heavy atom. The molecule has 0 bridgehead atoms. The van der Waals surface area contributed by atoms with Crippen molar-refractivity contribution in [1.29, 1.82) is 0 Å². The van der Waals surface area contributed by atoms with E-state index < -0.39 is 0 Å². The van der Waals surface area contributed by atoms with Crippen LogP contribution in [0.4, 0.5) is 11.4 Å². The molecule has 150 valence electrons. The highest BCUT2D eigenvalue weighted by molar-refractivity contribution is 6.07. The van der Waals surface area contributed by atoms with Gasteiger partial charge in [0.15, 0.2) is 0 Å². The van der Waals surface area contributed by atoms with Gasteiger partial charge in [0.2, 0.25) is 0 Å². The third-order valence-electron chi connectivity index (χ3n) is 4.17. The molecule has 0 unspecified atom stereocenters. The van der Waals surface area contributed by atoms with Crippen LogP contribution in [0.1, 0.15) is 34.1 Å². The highest BCUT2D eigenvalue weighted by Gasteiger charge is 2.17. The van der Waals surface area contributed by atoms with Gasteiger partial charge in [-0.1, -0.05) is 6.92 Å². The molecule has 2 aromatic carbocycles. The number of hydrogen-bond acceptors (Lipinski definition) is 5. The lowest BCUT2D eigenvalue weighted by Gasteiger charge is -2.18. The molecule has 0 aliphatic carbocycles. The fourth-order valence-corrected chi connectivity index (χ4v) is 2.70. The Bertz CT molecular complexity index is 850. The summed E-state index contributed by atoms with van der Waals surface area (Å²) in [6.45, 7) is 2.58. The van der Waals surface area contributed by atoms with Crippen LogP contribution in [0.5, 0.6) is 11.5 Å². The van der Waals surface area contributed by atoms with Crippen molar-refractivity contribution in [2.45, 2.75) is 13.3 Å². The van der Waals surface area contributed by atoms with E-state index in [2.05, 4.69) is 10.6 Å². The zero-order valence-electron chi connectivity index (χ0n) is 17.0. The third-order valence-corrected chi connectivity index (χ3v) is 4.17. The van der Waals surface area contributed by atoms with Gasteiger partial charge in [-0.15, -0.1) is 0 Å². The van der Waals surface area contributed by atoms with Crippen LogP contribution in [0.2, 0.25) is 0 Å². The molecule has 0 spiro atoms. The summed E-state index contributed by atoms with van der Waals surface area (Å²) in [5, 5.41) is 5.70. The van der Waals surface area contributed by atoms with E-state index in [0.717, 1.165) is 12.1 Å². The van der Waals surface area contributed by atoms with Gasteiger partial charge in [-0.2, -0.15) is 0 Å². The van der Waals surface area contributed by atoms with Gasteiger partial charge < -0.3 is 25.0 Å². The van der Waals surface area contributed by atoms with E-state index in [1.54, 1.807) is 37.4 Å². The second-order valence-electron chi connectivity index (χ2n) is 6.40. The maximum absolute atomic E-state index is 12.7. The number of hydrogen-bond donors (Lipinski definition) is 2. The van der Waals surface area contributed by atoms with E-state index in [9.17, 15) is 9.59 Å². The van der Waals surface area contributed by atoms with Gasteiger partial charge in [-0.05, 0) is 36.8 Å². The Kier molecular flexibility index (Phi) is 7.26. The van der Waals surface area contributed by atoms with E-state index in [1.807, 2.05) is 32.0 Å². The molecule has 28 heavy (non-hydrogen) atoms. The first kappa shape index (κ1) is 21.1. The van der Waals surface area contributed by atoms with Crippen LogP contribution in [0.3, 0.4) is 0 Å². The molecule has 2 rings (SSSR count). The summed E-state index contributed by atoms with van der Waals surface area (Å²) in [5.41, 5.74) is 2.17. The predicted molar refractivity (Wildman–Crippen MR) is 111 cm³/mol. The number of methoxy groups -OCH3 is 2. The van der Waals surface area contributed by atoms with E-state index in [4.69, 9.17) is 9.47 Å². The smallest absolute Gasteiger partial charge is 0.259 e. The monoisotopic (exact) mass is 385 g/mol. The van der Waals surface area contributed by atoms with Crippen molar-refractivity contribution in [2.24, 2.45) is 0 Å². The predicted octanol–water partition coefficient (Wildman–Crippen LogP) is 3.16. The summed E-state index contributed by atoms with van der Waals surface area (Å²) >= 11 is 0. The second kappa shape index (κ2) is 9.64. The van der Waals surface area contributed by atoms with Crippen LogP contribution in [0, 0.1) is 0 Å². The first-order chi connectivity index (χ1) is 13.4. The molecular weight excluding hydrogens is 358 g/mol. The van der Waals surface area contributed by atoms with Crippen LogP contribution in [0.15, 0.2) is 36.4 Å². The number of ether oxygens (including phenoxy) is 2. The Balaban J connectivity index is 2.31. The van der Waals surface area contributed by atoms with Crippen molar-refractivity contribution in [1.82, 2.24) is 5.32 Å². The largest absolute Gasteiger partial charge is 0.497 e. The van der Waals surface area contributed by atoms with Crippen LogP contribution < -0.4 is 25.0 Å². The summed E-state index contributed by atoms with van der Waals surface area (Å²) in [7, 11) is 6.78. The van der Waals surface area contributed by atoms with Crippen molar-refractivity contribution < 1.29 is 19.1 Å². The number of nitrogens with zero attached hydrogens (tertiary/aromatic N) is 1. The number of carbonyl (C=O) groups is 2. The molecular formula is C21H27N3O4. The highest BCUT2D eigenvalue weighted by atomic mass is 16.5. The lowest BCUT2D eigenvalue weighted by atomic mass is 10.1. The second-order valence-corrected chi connectivity index (χ2v) is 6.40. The summed E-state index contributed by atoms with van der Waals surface area (Å²) in [6.07, 6.45) is 0.844. The number of anilines is 2. The van der Waals surface area contributed by atoms with E-state index >= 15 is 0 Å². The molecule has 7 nitrogen and oxygen atoms in total. The molecule has 0 heterocycles. The minimum atomic E-state index is -0.336. The summed E-state index contributed by atoms with van der Waals surface area (Å²) < 4.78 is 10.5. The molecule has 0 saturated heterocycles. The first-order valence-electron chi connectivity index (χ1n) is 9.04. The maximum Gasteiger partial charge on any atom is 0.259 e. The van der Waals surface area contributed by atoms with E-state index in [1.165, 1.54) is 7.11 Å². The molecule has 0 aromatic heterocycles. The lowest BCUT2D eigenvalue weighted by molar-refractivity contribution is 0.0952. The van der Waals surface area contributed by atoms with Crippen LogP contribution in [-0.2, 0) is 0 Å². The average Bonchev–Trinajstić information content (AvgIpc) is 2.70. The van der Waals surface area contributed by atoms with Crippen molar-refractivity contribution in [3.05, 3.63) is 47.5 Å². The fraction of sp³-hybridized carbons (Fsp3) is 0.333. The number of amides is 2. The summed E-state index contributed by atoms with van der Waals surface area (Å²) in [6, 6.07) is 10.2. The zero-order valence-corrected chi connectivity index (χ0v) is 17.0. The number of carbonyl (C=O) groups excluding carboxylic acids is 2. The Labute approximate surface area is 165 Å². The molecule has 2 N–H and O–H groups in total. The minimum absolute atomic E-state index is 0.177. The SMILES string of the molecule is CCCNC(=O)c1cc(NC(=O)c2ccc(OC)cc2OC)ccc1N(C)C. The first-order valence-corrected chi connectivity index (χ1v) is 9.04. The van der Waals surface area contributed by atoms with Gasteiger partial charge in [0.1, 0.15) is 11.5 Å². The molecule has 0 aliphatic heterocycles. The Morgan fingerprint density at radius 2 is 1.71 bits per heavy atom. The minimum Gasteiger partial charge on any atom is -0.497 e. The molecule has 0 atom stereocenters. The quantitative estimate of drug-likeness (QED) is 0.730. The van der Waals surface area contributed by atoms with Crippen molar-refractivity contribution in [3.8, 4) is 11.5 Å². The van der Waals surface area contributed by atoms with Gasteiger partial charge in [0, 0.05) is 38.1 Å². The molecule has 0 aliphatic rings. The normalized spacial score (nSPS) is 10.2. The molecule has 2 amide bonds. The fourth-order valence-electron chi connectivity index (χ4n) is 2.70. The Morgan fingerprint density at radius 3 is 2.32 bits per heavy atom. The van der Waals surface area contributed by atoms with Crippen LogP contribution in [-0.4, -0.2) is 46.7 Å². The van der Waals surface area contributed by atoms with Gasteiger partial charge in [-0.3, -0.25) is 9.59 Å².